The summed E-state index contributed by atoms with van der Waals surface area (Å²) in [7, 11) is 0. The molecule has 0 fully saturated rings. The Morgan fingerprint density at radius 1 is 1.11 bits per heavy atom. The second-order valence-corrected chi connectivity index (χ2v) is 7.60. The number of furan rings is 1. The van der Waals surface area contributed by atoms with E-state index in [2.05, 4.69) is 26.1 Å². The Hall–Kier alpha value is -2.85. The topological polar surface area (TPSA) is 109 Å². The zero-order chi connectivity index (χ0) is 19.1. The maximum Gasteiger partial charge on any atom is 0.234 e. The molecule has 10 heteroatoms. The minimum atomic E-state index is -0.146. The van der Waals surface area contributed by atoms with Crippen molar-refractivity contribution < 1.29 is 14.0 Å². The van der Waals surface area contributed by atoms with Gasteiger partial charge in [-0.1, -0.05) is 23.1 Å². The number of hydrogen-bond acceptors (Lipinski definition) is 8. The first kappa shape index (κ1) is 18.9. The number of rotatable bonds is 8. The molecule has 27 heavy (non-hydrogen) atoms. The highest BCUT2D eigenvalue weighted by atomic mass is 32.2. The smallest absolute Gasteiger partial charge is 0.234 e. The van der Waals surface area contributed by atoms with Gasteiger partial charge in [0, 0.05) is 18.3 Å². The Balaban J connectivity index is 1.43. The monoisotopic (exact) mass is 403 g/mol. The lowest BCUT2D eigenvalue weighted by Crippen LogP contribution is -2.14. The SMILES string of the molecule is CC(=O)Nc1ccc(NC(=O)CSc2nnc(NCc3ccco3)s2)cc1. The summed E-state index contributed by atoms with van der Waals surface area (Å²) in [4.78, 5) is 23.1. The Morgan fingerprint density at radius 2 is 1.85 bits per heavy atom. The number of nitrogens with zero attached hydrogens (tertiary/aromatic N) is 2. The number of amides is 2. The van der Waals surface area contributed by atoms with E-state index in [0.29, 0.717) is 27.4 Å². The third-order valence-corrected chi connectivity index (χ3v) is 5.23. The second-order valence-electron chi connectivity index (χ2n) is 5.40. The van der Waals surface area contributed by atoms with Gasteiger partial charge in [-0.2, -0.15) is 0 Å². The molecule has 2 heterocycles. The maximum atomic E-state index is 12.1. The fourth-order valence-electron chi connectivity index (χ4n) is 2.08. The van der Waals surface area contributed by atoms with Gasteiger partial charge in [-0.25, -0.2) is 0 Å². The van der Waals surface area contributed by atoms with E-state index in [1.54, 1.807) is 30.5 Å². The van der Waals surface area contributed by atoms with Crippen molar-refractivity contribution in [3.8, 4) is 0 Å². The quantitative estimate of drug-likeness (QED) is 0.494. The van der Waals surface area contributed by atoms with E-state index < -0.39 is 0 Å². The molecule has 0 atom stereocenters. The molecule has 1 aromatic carbocycles. The largest absolute Gasteiger partial charge is 0.467 e. The number of nitrogens with one attached hydrogen (secondary N) is 3. The summed E-state index contributed by atoms with van der Waals surface area (Å²) >= 11 is 2.69. The van der Waals surface area contributed by atoms with Crippen molar-refractivity contribution in [1.29, 1.82) is 0 Å². The van der Waals surface area contributed by atoms with Crippen molar-refractivity contribution in [3.05, 3.63) is 48.4 Å². The van der Waals surface area contributed by atoms with Crippen molar-refractivity contribution >= 4 is 51.4 Å². The van der Waals surface area contributed by atoms with Crippen molar-refractivity contribution in [2.75, 3.05) is 21.7 Å². The van der Waals surface area contributed by atoms with Gasteiger partial charge in [0.15, 0.2) is 4.34 Å². The van der Waals surface area contributed by atoms with E-state index in [9.17, 15) is 9.59 Å². The summed E-state index contributed by atoms with van der Waals surface area (Å²) in [6.07, 6.45) is 1.62. The Morgan fingerprint density at radius 3 is 2.52 bits per heavy atom. The summed E-state index contributed by atoms with van der Waals surface area (Å²) in [5.74, 6) is 0.745. The first-order valence-electron chi connectivity index (χ1n) is 7.98. The summed E-state index contributed by atoms with van der Waals surface area (Å²) in [6.45, 7) is 1.97. The van der Waals surface area contributed by atoms with Crippen LogP contribution in [0.15, 0.2) is 51.4 Å². The standard InChI is InChI=1S/C17H17N5O3S2/c1-11(23)19-12-4-6-13(7-5-12)20-15(24)10-26-17-22-21-16(27-17)18-9-14-3-2-8-25-14/h2-8H,9-10H2,1H3,(H,18,21)(H,19,23)(H,20,24). The molecule has 140 valence electrons. The van der Waals surface area contributed by atoms with Gasteiger partial charge in [0.1, 0.15) is 5.76 Å². The number of anilines is 3. The highest BCUT2D eigenvalue weighted by Gasteiger charge is 2.09. The molecule has 0 radical (unpaired) electrons. The lowest BCUT2D eigenvalue weighted by Gasteiger charge is -2.06. The summed E-state index contributed by atoms with van der Waals surface area (Å²) in [5.41, 5.74) is 1.34. The predicted molar refractivity (Wildman–Crippen MR) is 106 cm³/mol. The minimum Gasteiger partial charge on any atom is -0.467 e. The van der Waals surface area contributed by atoms with Crippen LogP contribution >= 0.6 is 23.1 Å². The maximum absolute atomic E-state index is 12.1. The number of thioether (sulfide) groups is 1. The van der Waals surface area contributed by atoms with E-state index in [4.69, 9.17) is 4.42 Å². The van der Waals surface area contributed by atoms with Crippen LogP contribution in [0.2, 0.25) is 0 Å². The Kier molecular flexibility index (Phi) is 6.44. The molecule has 8 nitrogen and oxygen atoms in total. The van der Waals surface area contributed by atoms with Gasteiger partial charge in [0.25, 0.3) is 0 Å². The predicted octanol–water partition coefficient (Wildman–Crippen LogP) is 3.43. The second kappa shape index (κ2) is 9.19. The van der Waals surface area contributed by atoms with E-state index >= 15 is 0 Å². The van der Waals surface area contributed by atoms with Crippen LogP contribution < -0.4 is 16.0 Å². The van der Waals surface area contributed by atoms with Gasteiger partial charge in [-0.05, 0) is 36.4 Å². The molecule has 0 unspecified atom stereocenters. The zero-order valence-electron chi connectivity index (χ0n) is 14.4. The highest BCUT2D eigenvalue weighted by Crippen LogP contribution is 2.26. The van der Waals surface area contributed by atoms with E-state index in [-0.39, 0.29) is 17.6 Å². The van der Waals surface area contributed by atoms with Crippen LogP contribution in [0.3, 0.4) is 0 Å². The van der Waals surface area contributed by atoms with Crippen LogP contribution in [0, 0.1) is 0 Å². The van der Waals surface area contributed by atoms with Crippen LogP contribution in [0.1, 0.15) is 12.7 Å². The summed E-state index contributed by atoms with van der Waals surface area (Å²) < 4.78 is 5.94. The number of aromatic nitrogens is 2. The Bertz CT molecular complexity index is 894. The average Bonchev–Trinajstić information content (AvgIpc) is 3.31. The van der Waals surface area contributed by atoms with E-state index in [1.807, 2.05) is 12.1 Å². The molecule has 0 saturated heterocycles. The Labute approximate surface area is 163 Å². The first-order valence-corrected chi connectivity index (χ1v) is 9.79. The van der Waals surface area contributed by atoms with Gasteiger partial charge < -0.3 is 20.4 Å². The average molecular weight is 403 g/mol. The third-order valence-electron chi connectivity index (χ3n) is 3.22. The number of benzene rings is 1. The zero-order valence-corrected chi connectivity index (χ0v) is 16.0. The van der Waals surface area contributed by atoms with Gasteiger partial charge in [-0.15, -0.1) is 10.2 Å². The van der Waals surface area contributed by atoms with Crippen molar-refractivity contribution in [1.82, 2.24) is 10.2 Å². The molecule has 2 aromatic heterocycles. The number of carbonyl (C=O) groups is 2. The molecule has 0 saturated carbocycles. The summed E-state index contributed by atoms with van der Waals surface area (Å²) in [5, 5.41) is 17.4. The molecule has 3 aromatic rings. The van der Waals surface area contributed by atoms with E-state index in [1.165, 1.54) is 30.0 Å². The molecule has 0 aliphatic carbocycles. The minimum absolute atomic E-state index is 0.140. The highest BCUT2D eigenvalue weighted by molar-refractivity contribution is 8.01. The normalized spacial score (nSPS) is 10.4. The van der Waals surface area contributed by atoms with Crippen LogP contribution in [-0.4, -0.2) is 27.8 Å². The molecule has 3 rings (SSSR count). The van der Waals surface area contributed by atoms with Crippen molar-refractivity contribution in [2.45, 2.75) is 17.8 Å². The lowest BCUT2D eigenvalue weighted by molar-refractivity contribution is -0.114. The number of carbonyl (C=O) groups excluding carboxylic acids is 2. The molecule has 0 bridgehead atoms. The van der Waals surface area contributed by atoms with Crippen LogP contribution in [0.5, 0.6) is 0 Å². The van der Waals surface area contributed by atoms with Crippen molar-refractivity contribution in [3.63, 3.8) is 0 Å². The first-order chi connectivity index (χ1) is 13.1. The van der Waals surface area contributed by atoms with Gasteiger partial charge in [0.05, 0.1) is 18.6 Å². The van der Waals surface area contributed by atoms with Gasteiger partial charge in [-0.3, -0.25) is 9.59 Å². The molecule has 3 N–H and O–H groups in total. The van der Waals surface area contributed by atoms with Gasteiger partial charge in [0.2, 0.25) is 16.9 Å². The fraction of sp³-hybridized carbons (Fsp3) is 0.176. The lowest BCUT2D eigenvalue weighted by atomic mass is 10.3. The molecule has 0 aliphatic rings. The van der Waals surface area contributed by atoms with Crippen LogP contribution in [0.25, 0.3) is 0 Å². The summed E-state index contributed by atoms with van der Waals surface area (Å²) in [6, 6.07) is 10.6. The van der Waals surface area contributed by atoms with Crippen LogP contribution in [0.4, 0.5) is 16.5 Å². The fourth-order valence-corrected chi connectivity index (χ4v) is 3.63. The van der Waals surface area contributed by atoms with Crippen molar-refractivity contribution in [2.24, 2.45) is 0 Å². The third kappa shape index (κ3) is 6.12. The van der Waals surface area contributed by atoms with E-state index in [0.717, 1.165) is 5.76 Å². The van der Waals surface area contributed by atoms with Gasteiger partial charge >= 0.3 is 0 Å². The van der Waals surface area contributed by atoms with Crippen LogP contribution in [-0.2, 0) is 16.1 Å². The number of hydrogen-bond donors (Lipinski definition) is 3. The molecule has 0 aliphatic heterocycles. The molecule has 2 amide bonds. The molecular weight excluding hydrogens is 386 g/mol. The molecular formula is C17H17N5O3S2. The molecule has 0 spiro atoms.